The van der Waals surface area contributed by atoms with Crippen LogP contribution in [0.4, 0.5) is 0 Å². The number of nitrogens with zero attached hydrogens (tertiary/aromatic N) is 1. The molecule has 3 nitrogen and oxygen atoms in total. The minimum absolute atomic E-state index is 0.323. The van der Waals surface area contributed by atoms with Gasteiger partial charge in [-0.25, -0.2) is 4.79 Å². The van der Waals surface area contributed by atoms with Crippen molar-refractivity contribution < 1.29 is 9.53 Å². The van der Waals surface area contributed by atoms with Gasteiger partial charge in [-0.2, -0.15) is 4.99 Å². The van der Waals surface area contributed by atoms with Gasteiger partial charge >= 0.3 is 0 Å². The maximum atomic E-state index is 10.4. The zero-order chi connectivity index (χ0) is 11.6. The van der Waals surface area contributed by atoms with E-state index >= 15 is 0 Å². The van der Waals surface area contributed by atoms with E-state index in [1.54, 1.807) is 13.2 Å². The smallest absolute Gasteiger partial charge is 0.235 e. The summed E-state index contributed by atoms with van der Waals surface area (Å²) in [6.45, 7) is 0.533. The molecule has 1 aliphatic carbocycles. The number of carbonyl (C=O) groups excluding carboxylic acids is 1. The van der Waals surface area contributed by atoms with Crippen molar-refractivity contribution in [1.29, 1.82) is 0 Å². The van der Waals surface area contributed by atoms with Crippen LogP contribution in [0.5, 0.6) is 0 Å². The number of benzene rings is 1. The topological polar surface area (TPSA) is 38.7 Å². The van der Waals surface area contributed by atoms with E-state index in [4.69, 9.17) is 4.74 Å². The molecule has 0 bridgehead atoms. The van der Waals surface area contributed by atoms with Crippen LogP contribution in [0.1, 0.15) is 24.0 Å². The van der Waals surface area contributed by atoms with Crippen LogP contribution in [0.15, 0.2) is 27.7 Å². The maximum Gasteiger partial charge on any atom is 0.235 e. The fraction of sp³-hybridized carbons (Fsp3) is 0.417. The van der Waals surface area contributed by atoms with Gasteiger partial charge in [0.25, 0.3) is 0 Å². The minimum atomic E-state index is -0.323. The first-order valence-corrected chi connectivity index (χ1v) is 5.88. The van der Waals surface area contributed by atoms with Gasteiger partial charge in [-0.05, 0) is 36.1 Å². The summed E-state index contributed by atoms with van der Waals surface area (Å²) in [6.07, 6.45) is 3.51. The Kier molecular flexibility index (Phi) is 3.24. The van der Waals surface area contributed by atoms with Crippen molar-refractivity contribution >= 4 is 22.0 Å². The number of hydrogen-bond acceptors (Lipinski definition) is 3. The first-order chi connectivity index (χ1) is 7.72. The molecule has 0 atom stereocenters. The Hall–Kier alpha value is -0.960. The predicted octanol–water partition coefficient (Wildman–Crippen LogP) is 2.92. The maximum absolute atomic E-state index is 10.4. The summed E-state index contributed by atoms with van der Waals surface area (Å²) in [6, 6.07) is 5.99. The van der Waals surface area contributed by atoms with Crippen molar-refractivity contribution in [3.63, 3.8) is 0 Å². The lowest BCUT2D eigenvalue weighted by atomic mass is 9.99. The van der Waals surface area contributed by atoms with Gasteiger partial charge in [0.1, 0.15) is 0 Å². The molecule has 0 aromatic heterocycles. The summed E-state index contributed by atoms with van der Waals surface area (Å²) in [5.41, 5.74) is 1.84. The van der Waals surface area contributed by atoms with Gasteiger partial charge in [0.15, 0.2) is 0 Å². The number of ether oxygens (including phenoxy) is 1. The number of methoxy groups -OCH3 is 1. The van der Waals surface area contributed by atoms with E-state index < -0.39 is 0 Å². The van der Waals surface area contributed by atoms with Gasteiger partial charge in [-0.15, -0.1) is 0 Å². The van der Waals surface area contributed by atoms with Crippen LogP contribution in [0, 0.1) is 0 Å². The number of hydrogen-bond donors (Lipinski definition) is 0. The molecule has 1 aromatic rings. The van der Waals surface area contributed by atoms with Crippen LogP contribution in [0.2, 0.25) is 0 Å². The van der Waals surface area contributed by atoms with E-state index in [1.165, 1.54) is 0 Å². The van der Waals surface area contributed by atoms with Gasteiger partial charge in [-0.1, -0.05) is 22.0 Å². The Morgan fingerprint density at radius 2 is 2.31 bits per heavy atom. The van der Waals surface area contributed by atoms with Gasteiger partial charge in [0.2, 0.25) is 6.08 Å². The SMILES string of the molecule is COCc1cc(Br)ccc1C1(N=C=O)CC1. The van der Waals surface area contributed by atoms with E-state index in [0.29, 0.717) is 6.61 Å². The third kappa shape index (κ3) is 2.09. The van der Waals surface area contributed by atoms with Crippen molar-refractivity contribution in [2.24, 2.45) is 4.99 Å². The van der Waals surface area contributed by atoms with Gasteiger partial charge < -0.3 is 4.74 Å². The van der Waals surface area contributed by atoms with E-state index in [2.05, 4.69) is 20.9 Å². The van der Waals surface area contributed by atoms with E-state index in [-0.39, 0.29) is 5.54 Å². The van der Waals surface area contributed by atoms with Crippen LogP contribution in [0.3, 0.4) is 0 Å². The molecule has 0 aliphatic heterocycles. The summed E-state index contributed by atoms with van der Waals surface area (Å²) < 4.78 is 6.17. The molecule has 0 heterocycles. The number of halogens is 1. The zero-order valence-corrected chi connectivity index (χ0v) is 10.6. The molecule has 0 amide bonds. The van der Waals surface area contributed by atoms with Crippen LogP contribution in [-0.2, 0) is 21.7 Å². The quantitative estimate of drug-likeness (QED) is 0.629. The van der Waals surface area contributed by atoms with E-state index in [1.807, 2.05) is 18.2 Å². The van der Waals surface area contributed by atoms with Crippen molar-refractivity contribution in [3.8, 4) is 0 Å². The lowest BCUT2D eigenvalue weighted by molar-refractivity contribution is 0.183. The highest BCUT2D eigenvalue weighted by Crippen LogP contribution is 2.50. The molecule has 1 aromatic carbocycles. The molecule has 1 saturated carbocycles. The van der Waals surface area contributed by atoms with Crippen LogP contribution in [0.25, 0.3) is 0 Å². The summed E-state index contributed by atoms with van der Waals surface area (Å²) in [5.74, 6) is 0. The lowest BCUT2D eigenvalue weighted by Crippen LogP contribution is -2.07. The fourth-order valence-electron chi connectivity index (χ4n) is 1.94. The summed E-state index contributed by atoms with van der Waals surface area (Å²) in [5, 5.41) is 0. The average Bonchev–Trinajstić information content (AvgIpc) is 3.00. The molecule has 16 heavy (non-hydrogen) atoms. The van der Waals surface area contributed by atoms with E-state index in [0.717, 1.165) is 28.4 Å². The highest BCUT2D eigenvalue weighted by atomic mass is 79.9. The molecule has 0 N–H and O–H groups in total. The minimum Gasteiger partial charge on any atom is -0.380 e. The van der Waals surface area contributed by atoms with Crippen molar-refractivity contribution in [2.75, 3.05) is 7.11 Å². The lowest BCUT2D eigenvalue weighted by Gasteiger charge is -2.14. The Morgan fingerprint density at radius 3 is 2.88 bits per heavy atom. The van der Waals surface area contributed by atoms with Crippen LogP contribution in [-0.4, -0.2) is 13.2 Å². The normalized spacial score (nSPS) is 16.6. The molecule has 1 aliphatic rings. The molecule has 1 fully saturated rings. The van der Waals surface area contributed by atoms with Gasteiger partial charge in [-0.3, -0.25) is 0 Å². The van der Waals surface area contributed by atoms with Gasteiger partial charge in [0, 0.05) is 11.6 Å². The van der Waals surface area contributed by atoms with Gasteiger partial charge in [0.05, 0.1) is 12.1 Å². The first kappa shape index (κ1) is 11.5. The largest absolute Gasteiger partial charge is 0.380 e. The molecule has 4 heteroatoms. The second-order valence-corrected chi connectivity index (χ2v) is 4.88. The summed E-state index contributed by atoms with van der Waals surface area (Å²) in [4.78, 5) is 14.4. The summed E-state index contributed by atoms with van der Waals surface area (Å²) in [7, 11) is 1.66. The first-order valence-electron chi connectivity index (χ1n) is 5.09. The molecule has 0 spiro atoms. The second-order valence-electron chi connectivity index (χ2n) is 3.97. The average molecular weight is 282 g/mol. The monoisotopic (exact) mass is 281 g/mol. The highest BCUT2D eigenvalue weighted by Gasteiger charge is 2.46. The molecule has 0 radical (unpaired) electrons. The Morgan fingerprint density at radius 1 is 1.56 bits per heavy atom. The van der Waals surface area contributed by atoms with E-state index in [9.17, 15) is 4.79 Å². The van der Waals surface area contributed by atoms with Crippen molar-refractivity contribution in [2.45, 2.75) is 25.0 Å². The molecule has 0 saturated heterocycles. The summed E-state index contributed by atoms with van der Waals surface area (Å²) >= 11 is 3.43. The Labute approximate surface area is 103 Å². The van der Waals surface area contributed by atoms with Crippen LogP contribution < -0.4 is 0 Å². The predicted molar refractivity (Wildman–Crippen MR) is 63.9 cm³/mol. The fourth-order valence-corrected chi connectivity index (χ4v) is 2.35. The third-order valence-corrected chi connectivity index (χ3v) is 3.34. The Balaban J connectivity index is 2.43. The number of rotatable bonds is 4. The highest BCUT2D eigenvalue weighted by molar-refractivity contribution is 9.10. The van der Waals surface area contributed by atoms with Crippen molar-refractivity contribution in [3.05, 3.63) is 33.8 Å². The zero-order valence-electron chi connectivity index (χ0n) is 9.00. The molecular weight excluding hydrogens is 270 g/mol. The standard InChI is InChI=1S/C12H12BrNO2/c1-16-7-9-6-10(13)2-3-11(9)12(4-5-12)14-8-15/h2-3,6H,4-5,7H2,1H3. The molecule has 2 rings (SSSR count). The number of isocyanates is 1. The van der Waals surface area contributed by atoms with Crippen molar-refractivity contribution in [1.82, 2.24) is 0 Å². The van der Waals surface area contributed by atoms with Crippen LogP contribution >= 0.6 is 15.9 Å². The molecule has 0 unspecified atom stereocenters. The third-order valence-electron chi connectivity index (χ3n) is 2.85. The second kappa shape index (κ2) is 4.50. The molecule has 84 valence electrons. The number of aliphatic imine (C=N–C) groups is 1. The Bertz CT molecular complexity index is 448. The molecular formula is C12H12BrNO2.